The minimum absolute atomic E-state index is 0.123. The standard InChI is InChI=1S/C34H31FN6OS/c35-29-10-4-5-11-31(29)40-17-19-41(20-18-40)32-21-30(27-8-2-1-3-9-27)38-34(39-32)43-24-25-12-14-28(15-13-25)33(42)37-23-26-7-6-16-36-22-26/h1-16,21-22H,17-20,23-24H2,(H,37,42). The minimum Gasteiger partial charge on any atom is -0.366 e. The number of hydrogen-bond acceptors (Lipinski definition) is 7. The first-order chi connectivity index (χ1) is 21.1. The predicted octanol–water partition coefficient (Wildman–Crippen LogP) is 6.23. The summed E-state index contributed by atoms with van der Waals surface area (Å²) >= 11 is 1.57. The second kappa shape index (κ2) is 13.5. The molecular weight excluding hydrogens is 559 g/mol. The number of halogens is 1. The van der Waals surface area contributed by atoms with Crippen molar-refractivity contribution in [2.45, 2.75) is 17.5 Å². The van der Waals surface area contributed by atoms with Crippen molar-refractivity contribution in [1.29, 1.82) is 0 Å². The lowest BCUT2D eigenvalue weighted by atomic mass is 10.1. The van der Waals surface area contributed by atoms with E-state index >= 15 is 0 Å². The van der Waals surface area contributed by atoms with Gasteiger partial charge in [0, 0.05) is 68.1 Å². The van der Waals surface area contributed by atoms with Gasteiger partial charge in [-0.15, -0.1) is 0 Å². The summed E-state index contributed by atoms with van der Waals surface area (Å²) in [6.45, 7) is 3.30. The number of para-hydroxylation sites is 1. The minimum atomic E-state index is -0.193. The molecule has 0 atom stereocenters. The largest absolute Gasteiger partial charge is 0.366 e. The zero-order valence-corrected chi connectivity index (χ0v) is 24.4. The molecule has 5 aromatic rings. The normalized spacial score (nSPS) is 13.1. The Morgan fingerprint density at radius 2 is 1.56 bits per heavy atom. The Bertz CT molecular complexity index is 1660. The first-order valence-electron chi connectivity index (χ1n) is 14.2. The monoisotopic (exact) mass is 590 g/mol. The van der Waals surface area contributed by atoms with Crippen molar-refractivity contribution in [2.75, 3.05) is 36.0 Å². The maximum absolute atomic E-state index is 14.4. The smallest absolute Gasteiger partial charge is 0.251 e. The van der Waals surface area contributed by atoms with E-state index in [4.69, 9.17) is 9.97 Å². The Kier molecular flexibility index (Phi) is 8.89. The summed E-state index contributed by atoms with van der Waals surface area (Å²) in [6.07, 6.45) is 3.45. The van der Waals surface area contributed by atoms with Gasteiger partial charge in [-0.05, 0) is 41.5 Å². The van der Waals surface area contributed by atoms with Crippen LogP contribution in [0, 0.1) is 5.82 Å². The number of thioether (sulfide) groups is 1. The van der Waals surface area contributed by atoms with Gasteiger partial charge in [-0.3, -0.25) is 9.78 Å². The van der Waals surface area contributed by atoms with Gasteiger partial charge in [-0.2, -0.15) is 0 Å². The number of amides is 1. The van der Waals surface area contributed by atoms with Crippen molar-refractivity contribution in [3.8, 4) is 11.3 Å². The molecule has 0 unspecified atom stereocenters. The van der Waals surface area contributed by atoms with Gasteiger partial charge in [0.05, 0.1) is 11.4 Å². The molecular formula is C34H31FN6OS. The molecule has 1 aliphatic rings. The van der Waals surface area contributed by atoms with Crippen molar-refractivity contribution in [1.82, 2.24) is 20.3 Å². The molecule has 1 amide bonds. The molecule has 0 bridgehead atoms. The molecule has 1 fully saturated rings. The second-order valence-corrected chi connectivity index (χ2v) is 11.2. The van der Waals surface area contributed by atoms with Crippen LogP contribution in [0.15, 0.2) is 115 Å². The number of piperazine rings is 1. The molecule has 9 heteroatoms. The lowest BCUT2D eigenvalue weighted by Crippen LogP contribution is -2.47. The van der Waals surface area contributed by atoms with Gasteiger partial charge in [0.1, 0.15) is 11.6 Å². The lowest BCUT2D eigenvalue weighted by Gasteiger charge is -2.37. The number of aromatic nitrogens is 3. The Morgan fingerprint density at radius 1 is 0.814 bits per heavy atom. The number of nitrogens with zero attached hydrogens (tertiary/aromatic N) is 5. The van der Waals surface area contributed by atoms with Crippen LogP contribution >= 0.6 is 11.8 Å². The molecule has 6 rings (SSSR count). The number of hydrogen-bond donors (Lipinski definition) is 1. The van der Waals surface area contributed by atoms with Crippen molar-refractivity contribution in [3.63, 3.8) is 0 Å². The van der Waals surface area contributed by atoms with Crippen LogP contribution in [-0.2, 0) is 12.3 Å². The lowest BCUT2D eigenvalue weighted by molar-refractivity contribution is 0.0951. The Hall–Kier alpha value is -4.76. The average Bonchev–Trinajstić information content (AvgIpc) is 3.07. The fourth-order valence-electron chi connectivity index (χ4n) is 4.97. The molecule has 216 valence electrons. The summed E-state index contributed by atoms with van der Waals surface area (Å²) < 4.78 is 14.4. The fourth-order valence-corrected chi connectivity index (χ4v) is 5.78. The molecule has 3 aromatic carbocycles. The third kappa shape index (κ3) is 7.18. The first kappa shape index (κ1) is 28.4. The number of carbonyl (C=O) groups excluding carboxylic acids is 1. The molecule has 7 nitrogen and oxygen atoms in total. The van der Waals surface area contributed by atoms with Crippen LogP contribution in [0.1, 0.15) is 21.5 Å². The molecule has 1 saturated heterocycles. The number of rotatable bonds is 9. The summed E-state index contributed by atoms with van der Waals surface area (Å²) in [5.74, 6) is 1.21. The van der Waals surface area contributed by atoms with Gasteiger partial charge >= 0.3 is 0 Å². The summed E-state index contributed by atoms with van der Waals surface area (Å²) in [6, 6.07) is 30.5. The number of nitrogens with one attached hydrogen (secondary N) is 1. The van der Waals surface area contributed by atoms with Gasteiger partial charge < -0.3 is 15.1 Å². The SMILES string of the molecule is O=C(NCc1cccnc1)c1ccc(CSc2nc(-c3ccccc3)cc(N3CCN(c4ccccc4F)CC3)n2)cc1. The highest BCUT2D eigenvalue weighted by Crippen LogP contribution is 2.29. The van der Waals surface area contributed by atoms with E-state index in [1.807, 2.05) is 72.8 Å². The zero-order valence-electron chi connectivity index (χ0n) is 23.6. The highest BCUT2D eigenvalue weighted by molar-refractivity contribution is 7.98. The second-order valence-electron chi connectivity index (χ2n) is 10.2. The van der Waals surface area contributed by atoms with E-state index < -0.39 is 0 Å². The molecule has 0 aliphatic carbocycles. The topological polar surface area (TPSA) is 74.2 Å². The third-order valence-corrected chi connectivity index (χ3v) is 8.24. The van der Waals surface area contributed by atoms with Crippen LogP contribution in [0.5, 0.6) is 0 Å². The summed E-state index contributed by atoms with van der Waals surface area (Å²) in [5.41, 5.74) is 5.17. The van der Waals surface area contributed by atoms with Crippen molar-refractivity contribution < 1.29 is 9.18 Å². The molecule has 1 aliphatic heterocycles. The molecule has 43 heavy (non-hydrogen) atoms. The molecule has 3 heterocycles. The van der Waals surface area contributed by atoms with Gasteiger partial charge in [-0.25, -0.2) is 14.4 Å². The summed E-state index contributed by atoms with van der Waals surface area (Å²) in [4.78, 5) is 30.8. The van der Waals surface area contributed by atoms with Gasteiger partial charge in [0.25, 0.3) is 5.91 Å². The van der Waals surface area contributed by atoms with Gasteiger partial charge in [-0.1, -0.05) is 72.4 Å². The van der Waals surface area contributed by atoms with E-state index in [9.17, 15) is 9.18 Å². The van der Waals surface area contributed by atoms with Crippen LogP contribution in [0.2, 0.25) is 0 Å². The van der Waals surface area contributed by atoms with E-state index in [2.05, 4.69) is 32.2 Å². The third-order valence-electron chi connectivity index (χ3n) is 7.32. The molecule has 2 aromatic heterocycles. The van der Waals surface area contributed by atoms with E-state index in [0.717, 1.165) is 41.3 Å². The number of pyridine rings is 1. The summed E-state index contributed by atoms with van der Waals surface area (Å²) in [5, 5.41) is 3.62. The maximum atomic E-state index is 14.4. The Labute approximate surface area is 254 Å². The van der Waals surface area contributed by atoms with Crippen molar-refractivity contribution in [2.24, 2.45) is 0 Å². The van der Waals surface area contributed by atoms with Gasteiger partial charge in [0.15, 0.2) is 5.16 Å². The molecule has 0 radical (unpaired) electrons. The van der Waals surface area contributed by atoms with Gasteiger partial charge in [0.2, 0.25) is 0 Å². The van der Waals surface area contributed by atoms with Crippen LogP contribution in [0.25, 0.3) is 11.3 Å². The van der Waals surface area contributed by atoms with Crippen LogP contribution in [-0.4, -0.2) is 47.0 Å². The average molecular weight is 591 g/mol. The zero-order chi connectivity index (χ0) is 29.4. The number of anilines is 2. The fraction of sp³-hybridized carbons (Fsp3) is 0.176. The van der Waals surface area contributed by atoms with Crippen LogP contribution in [0.4, 0.5) is 15.9 Å². The van der Waals surface area contributed by atoms with E-state index in [1.165, 1.54) is 6.07 Å². The Balaban J connectivity index is 1.13. The highest BCUT2D eigenvalue weighted by atomic mass is 32.2. The number of carbonyl (C=O) groups is 1. The molecule has 0 saturated carbocycles. The van der Waals surface area contributed by atoms with Crippen molar-refractivity contribution >= 4 is 29.2 Å². The quantitative estimate of drug-likeness (QED) is 0.161. The Morgan fingerprint density at radius 3 is 2.30 bits per heavy atom. The number of benzene rings is 3. The molecule has 0 spiro atoms. The van der Waals surface area contributed by atoms with Crippen molar-refractivity contribution in [3.05, 3.63) is 132 Å². The van der Waals surface area contributed by atoms with Crippen LogP contribution < -0.4 is 15.1 Å². The predicted molar refractivity (Wildman–Crippen MR) is 170 cm³/mol. The first-order valence-corrected chi connectivity index (χ1v) is 15.2. The van der Waals surface area contributed by atoms with E-state index in [0.29, 0.717) is 41.8 Å². The summed E-state index contributed by atoms with van der Waals surface area (Å²) in [7, 11) is 0. The highest BCUT2D eigenvalue weighted by Gasteiger charge is 2.21. The molecule has 1 N–H and O–H groups in total. The maximum Gasteiger partial charge on any atom is 0.251 e. The van der Waals surface area contributed by atoms with Crippen LogP contribution in [0.3, 0.4) is 0 Å². The van der Waals surface area contributed by atoms with E-state index in [-0.39, 0.29) is 11.7 Å². The van der Waals surface area contributed by atoms with E-state index in [1.54, 1.807) is 30.2 Å².